The molecule has 1 aliphatic rings. The number of thioether (sulfide) groups is 1. The van der Waals surface area contributed by atoms with Crippen molar-refractivity contribution in [3.8, 4) is 0 Å². The van der Waals surface area contributed by atoms with Gasteiger partial charge in [-0.15, -0.1) is 11.8 Å². The first-order valence-electron chi connectivity index (χ1n) is 7.90. The van der Waals surface area contributed by atoms with Crippen molar-refractivity contribution >= 4 is 34.3 Å². The number of halogens is 1. The first kappa shape index (κ1) is 16.1. The van der Waals surface area contributed by atoms with Crippen LogP contribution in [0.3, 0.4) is 0 Å². The molecule has 0 aliphatic carbocycles. The van der Waals surface area contributed by atoms with E-state index in [4.69, 9.17) is 11.6 Å². The summed E-state index contributed by atoms with van der Waals surface area (Å²) in [5, 5.41) is 1.83. The first-order valence-corrected chi connectivity index (χ1v) is 9.51. The molecule has 0 radical (unpaired) electrons. The van der Waals surface area contributed by atoms with Gasteiger partial charge in [0.25, 0.3) is 0 Å². The van der Waals surface area contributed by atoms with Crippen LogP contribution in [0.4, 0.5) is 0 Å². The Morgan fingerprint density at radius 3 is 2.64 bits per heavy atom. The zero-order valence-electron chi connectivity index (χ0n) is 13.5. The summed E-state index contributed by atoms with van der Waals surface area (Å²) < 4.78 is 0. The number of rotatable bonds is 3. The largest absolute Gasteiger partial charge is 0.298 e. The SMILES string of the molecule is CSc1ccc2cc(CN3CC(C)CC(C)C3)c(Cl)nc2c1. The minimum Gasteiger partial charge on any atom is -0.298 e. The number of hydrogen-bond acceptors (Lipinski definition) is 3. The summed E-state index contributed by atoms with van der Waals surface area (Å²) in [7, 11) is 0. The van der Waals surface area contributed by atoms with Gasteiger partial charge in [-0.3, -0.25) is 4.90 Å². The zero-order chi connectivity index (χ0) is 15.7. The van der Waals surface area contributed by atoms with Gasteiger partial charge in [0.05, 0.1) is 5.52 Å². The second kappa shape index (κ2) is 6.77. The monoisotopic (exact) mass is 334 g/mol. The standard InChI is InChI=1S/C18H23ClN2S/c1-12-6-13(2)10-21(9-12)11-15-7-14-4-5-16(22-3)8-17(14)20-18(15)19/h4-5,7-8,12-13H,6,9-11H2,1-3H3. The molecule has 1 aliphatic heterocycles. The quantitative estimate of drug-likeness (QED) is 0.574. The molecule has 1 saturated heterocycles. The summed E-state index contributed by atoms with van der Waals surface area (Å²) in [6.45, 7) is 7.90. The minimum atomic E-state index is 0.650. The van der Waals surface area contributed by atoms with Crippen LogP contribution >= 0.6 is 23.4 Å². The maximum Gasteiger partial charge on any atom is 0.134 e. The third kappa shape index (κ3) is 3.58. The number of benzene rings is 1. The molecule has 118 valence electrons. The Hall–Kier alpha value is -0.770. The van der Waals surface area contributed by atoms with Crippen LogP contribution < -0.4 is 0 Å². The van der Waals surface area contributed by atoms with E-state index < -0.39 is 0 Å². The van der Waals surface area contributed by atoms with Crippen LogP contribution in [-0.2, 0) is 6.54 Å². The molecule has 0 amide bonds. The van der Waals surface area contributed by atoms with Crippen LogP contribution in [-0.4, -0.2) is 29.2 Å². The van der Waals surface area contributed by atoms with Gasteiger partial charge in [0.15, 0.2) is 0 Å². The summed E-state index contributed by atoms with van der Waals surface area (Å²) in [6, 6.07) is 8.62. The molecule has 1 aromatic carbocycles. The van der Waals surface area contributed by atoms with Crippen molar-refractivity contribution in [1.29, 1.82) is 0 Å². The Bertz CT molecular complexity index is 663. The van der Waals surface area contributed by atoms with E-state index in [2.05, 4.69) is 54.3 Å². The normalized spacial score (nSPS) is 23.1. The highest BCUT2D eigenvalue weighted by Gasteiger charge is 2.22. The van der Waals surface area contributed by atoms with Gasteiger partial charge >= 0.3 is 0 Å². The van der Waals surface area contributed by atoms with Crippen LogP contribution in [0.15, 0.2) is 29.2 Å². The smallest absolute Gasteiger partial charge is 0.134 e. The molecule has 2 unspecified atom stereocenters. The van der Waals surface area contributed by atoms with E-state index >= 15 is 0 Å². The van der Waals surface area contributed by atoms with Crippen molar-refractivity contribution in [2.45, 2.75) is 31.7 Å². The fraction of sp³-hybridized carbons (Fsp3) is 0.500. The molecule has 2 heterocycles. The second-order valence-electron chi connectivity index (χ2n) is 6.64. The second-order valence-corrected chi connectivity index (χ2v) is 7.87. The highest BCUT2D eigenvalue weighted by Crippen LogP contribution is 2.28. The number of likely N-dealkylation sites (tertiary alicyclic amines) is 1. The van der Waals surface area contributed by atoms with Crippen LogP contribution in [0.1, 0.15) is 25.8 Å². The lowest BCUT2D eigenvalue weighted by molar-refractivity contribution is 0.134. The fourth-order valence-electron chi connectivity index (χ4n) is 3.57. The third-order valence-electron chi connectivity index (χ3n) is 4.39. The molecule has 2 atom stereocenters. The summed E-state index contributed by atoms with van der Waals surface area (Å²) in [6.07, 6.45) is 3.41. The van der Waals surface area contributed by atoms with Crippen molar-refractivity contribution in [2.75, 3.05) is 19.3 Å². The van der Waals surface area contributed by atoms with Crippen LogP contribution in [0.2, 0.25) is 5.15 Å². The van der Waals surface area contributed by atoms with Crippen LogP contribution in [0.25, 0.3) is 10.9 Å². The maximum absolute atomic E-state index is 6.45. The Balaban J connectivity index is 1.86. The van der Waals surface area contributed by atoms with Crippen molar-refractivity contribution in [2.24, 2.45) is 11.8 Å². The van der Waals surface area contributed by atoms with E-state index in [1.165, 1.54) is 16.7 Å². The summed E-state index contributed by atoms with van der Waals surface area (Å²) in [4.78, 5) is 8.36. The van der Waals surface area contributed by atoms with Crippen molar-refractivity contribution in [3.05, 3.63) is 35.0 Å². The molecule has 0 N–H and O–H groups in total. The average Bonchev–Trinajstić information content (AvgIpc) is 2.46. The molecule has 22 heavy (non-hydrogen) atoms. The van der Waals surface area contributed by atoms with Gasteiger partial charge in [-0.05, 0) is 42.7 Å². The van der Waals surface area contributed by atoms with Crippen molar-refractivity contribution < 1.29 is 0 Å². The number of pyridine rings is 1. The lowest BCUT2D eigenvalue weighted by Gasteiger charge is -2.35. The van der Waals surface area contributed by atoms with Crippen LogP contribution in [0.5, 0.6) is 0 Å². The molecule has 0 saturated carbocycles. The number of piperidine rings is 1. The van der Waals surface area contributed by atoms with Crippen molar-refractivity contribution in [3.63, 3.8) is 0 Å². The lowest BCUT2D eigenvalue weighted by atomic mass is 9.91. The van der Waals surface area contributed by atoms with Crippen LogP contribution in [0, 0.1) is 11.8 Å². The lowest BCUT2D eigenvalue weighted by Crippen LogP contribution is -2.38. The molecular weight excluding hydrogens is 312 g/mol. The predicted octanol–water partition coefficient (Wildman–Crippen LogP) is 5.09. The van der Waals surface area contributed by atoms with E-state index in [1.54, 1.807) is 11.8 Å². The van der Waals surface area contributed by atoms with Gasteiger partial charge in [-0.1, -0.05) is 31.5 Å². The Morgan fingerprint density at radius 1 is 1.23 bits per heavy atom. The Morgan fingerprint density at radius 2 is 1.95 bits per heavy atom. The minimum absolute atomic E-state index is 0.650. The Kier molecular flexibility index (Phi) is 4.96. The van der Waals surface area contributed by atoms with Crippen molar-refractivity contribution in [1.82, 2.24) is 9.88 Å². The molecule has 4 heteroatoms. The van der Waals surface area contributed by atoms with Gasteiger partial charge in [0.2, 0.25) is 0 Å². The van der Waals surface area contributed by atoms with E-state index in [1.807, 2.05) is 0 Å². The fourth-order valence-corrected chi connectivity index (χ4v) is 4.21. The molecule has 3 rings (SSSR count). The van der Waals surface area contributed by atoms with Gasteiger partial charge in [-0.25, -0.2) is 4.98 Å². The number of fused-ring (bicyclic) bond motifs is 1. The number of nitrogens with zero attached hydrogens (tertiary/aromatic N) is 2. The zero-order valence-corrected chi connectivity index (χ0v) is 15.0. The molecule has 2 aromatic rings. The van der Waals surface area contributed by atoms with E-state index in [0.29, 0.717) is 5.15 Å². The summed E-state index contributed by atoms with van der Waals surface area (Å²) in [5.74, 6) is 1.53. The van der Waals surface area contributed by atoms with Gasteiger partial charge in [0.1, 0.15) is 5.15 Å². The molecule has 0 bridgehead atoms. The number of hydrogen-bond donors (Lipinski definition) is 0. The van der Waals surface area contributed by atoms with E-state index in [0.717, 1.165) is 42.6 Å². The third-order valence-corrected chi connectivity index (χ3v) is 5.44. The summed E-state index contributed by atoms with van der Waals surface area (Å²) >= 11 is 8.18. The predicted molar refractivity (Wildman–Crippen MR) is 96.8 cm³/mol. The van der Waals surface area contributed by atoms with Gasteiger partial charge in [-0.2, -0.15) is 0 Å². The summed E-state index contributed by atoms with van der Waals surface area (Å²) in [5.41, 5.74) is 2.13. The maximum atomic E-state index is 6.45. The highest BCUT2D eigenvalue weighted by atomic mass is 35.5. The molecular formula is C18H23ClN2S. The molecule has 2 nitrogen and oxygen atoms in total. The Labute approximate surface area is 142 Å². The molecule has 1 fully saturated rings. The van der Waals surface area contributed by atoms with E-state index in [-0.39, 0.29) is 0 Å². The van der Waals surface area contributed by atoms with Gasteiger partial charge in [0, 0.05) is 35.5 Å². The first-order chi connectivity index (χ1) is 10.5. The topological polar surface area (TPSA) is 16.1 Å². The number of aromatic nitrogens is 1. The van der Waals surface area contributed by atoms with Gasteiger partial charge < -0.3 is 0 Å². The van der Waals surface area contributed by atoms with E-state index in [9.17, 15) is 0 Å². The molecule has 0 spiro atoms. The average molecular weight is 335 g/mol. The highest BCUT2D eigenvalue weighted by molar-refractivity contribution is 7.98. The molecule has 1 aromatic heterocycles.